The van der Waals surface area contributed by atoms with E-state index in [1.54, 1.807) is 11.7 Å². The molecular weight excluding hydrogens is 329 g/mol. The van der Waals surface area contributed by atoms with Crippen LogP contribution in [0.15, 0.2) is 27.6 Å². The summed E-state index contributed by atoms with van der Waals surface area (Å²) in [6, 6.07) is 0. The Morgan fingerprint density at radius 1 is 1.53 bits per heavy atom. The van der Waals surface area contributed by atoms with E-state index in [-0.39, 0.29) is 5.56 Å². The zero-order chi connectivity index (χ0) is 10.8. The summed E-state index contributed by atoms with van der Waals surface area (Å²) in [5.41, 5.74) is -0.143. The van der Waals surface area contributed by atoms with Gasteiger partial charge in [0.25, 0.3) is 5.56 Å². The van der Waals surface area contributed by atoms with E-state index in [1.165, 1.54) is 24.4 Å². The zero-order valence-corrected chi connectivity index (χ0v) is 10.6. The molecule has 2 heterocycles. The largest absolute Gasteiger partial charge is 0.312 e. The van der Waals surface area contributed by atoms with Gasteiger partial charge in [-0.3, -0.25) is 4.79 Å². The maximum Gasteiger partial charge on any atom is 0.265 e. The van der Waals surface area contributed by atoms with Crippen molar-refractivity contribution in [3.05, 3.63) is 26.6 Å². The van der Waals surface area contributed by atoms with Gasteiger partial charge < -0.3 is 4.98 Å². The Morgan fingerprint density at radius 2 is 2.33 bits per heavy atom. The first-order valence-corrected chi connectivity index (χ1v) is 5.83. The number of H-pyrrole nitrogens is 1. The second-order valence-electron chi connectivity index (χ2n) is 2.62. The Hall–Kier alpha value is -0.900. The number of aromatic nitrogens is 5. The van der Waals surface area contributed by atoms with Gasteiger partial charge in [0, 0.05) is 7.05 Å². The maximum absolute atomic E-state index is 11.3. The first-order valence-electron chi connectivity index (χ1n) is 3.93. The van der Waals surface area contributed by atoms with Gasteiger partial charge in [-0.1, -0.05) is 0 Å². The Labute approximate surface area is 103 Å². The lowest BCUT2D eigenvalue weighted by molar-refractivity contribution is 0.684. The fourth-order valence-electron chi connectivity index (χ4n) is 0.902. The number of aromatic amines is 1. The highest BCUT2D eigenvalue weighted by molar-refractivity contribution is 14.1. The van der Waals surface area contributed by atoms with Crippen molar-refractivity contribution in [3.63, 3.8) is 0 Å². The summed E-state index contributed by atoms with van der Waals surface area (Å²) in [6.07, 6.45) is 2.84. The molecular formula is C7H6IN5OS. The Kier molecular flexibility index (Phi) is 3.05. The molecule has 0 spiro atoms. The molecule has 2 rings (SSSR count). The number of hydrogen-bond acceptors (Lipinski definition) is 5. The molecule has 0 saturated carbocycles. The summed E-state index contributed by atoms with van der Waals surface area (Å²) in [4.78, 5) is 21.9. The van der Waals surface area contributed by atoms with E-state index in [1.807, 2.05) is 22.6 Å². The first-order chi connectivity index (χ1) is 7.18. The molecule has 0 bridgehead atoms. The van der Waals surface area contributed by atoms with Gasteiger partial charge in [0.05, 0.1) is 6.33 Å². The normalized spacial score (nSPS) is 10.5. The summed E-state index contributed by atoms with van der Waals surface area (Å²) < 4.78 is 2.19. The minimum Gasteiger partial charge on any atom is -0.312 e. The van der Waals surface area contributed by atoms with E-state index in [0.717, 1.165) is 0 Å². The summed E-state index contributed by atoms with van der Waals surface area (Å²) in [6.45, 7) is 0. The van der Waals surface area contributed by atoms with Crippen LogP contribution in [0, 0.1) is 3.57 Å². The third-order valence-electron chi connectivity index (χ3n) is 1.62. The lowest BCUT2D eigenvalue weighted by atomic mass is 10.7. The number of aryl methyl sites for hydroxylation is 1. The van der Waals surface area contributed by atoms with E-state index < -0.39 is 0 Å². The quantitative estimate of drug-likeness (QED) is 0.644. The van der Waals surface area contributed by atoms with Gasteiger partial charge in [-0.05, 0) is 34.4 Å². The van der Waals surface area contributed by atoms with Crippen molar-refractivity contribution < 1.29 is 0 Å². The number of hydrogen-bond donors (Lipinski definition) is 1. The number of rotatable bonds is 2. The van der Waals surface area contributed by atoms with Crippen LogP contribution in [-0.2, 0) is 7.05 Å². The molecule has 0 radical (unpaired) electrons. The minimum atomic E-state index is -0.143. The van der Waals surface area contributed by atoms with Crippen LogP contribution in [0.2, 0.25) is 0 Å². The Balaban J connectivity index is 2.37. The molecule has 8 heteroatoms. The van der Waals surface area contributed by atoms with Crippen molar-refractivity contribution in [2.24, 2.45) is 7.05 Å². The van der Waals surface area contributed by atoms with Crippen LogP contribution in [-0.4, -0.2) is 24.7 Å². The van der Waals surface area contributed by atoms with Crippen LogP contribution < -0.4 is 5.56 Å². The smallest absolute Gasteiger partial charge is 0.265 e. The molecule has 2 aromatic heterocycles. The van der Waals surface area contributed by atoms with E-state index >= 15 is 0 Å². The monoisotopic (exact) mass is 335 g/mol. The third-order valence-corrected chi connectivity index (χ3v) is 4.04. The molecule has 15 heavy (non-hydrogen) atoms. The standard InChI is InChI=1S/C7H6IN5OS/c1-13-7(11-3-12-13)15-6-4(8)5(14)9-2-10-6/h2-3H,1H3,(H,9,10,14). The van der Waals surface area contributed by atoms with Gasteiger partial charge in [0.1, 0.15) is 14.9 Å². The molecule has 0 amide bonds. The van der Waals surface area contributed by atoms with E-state index in [4.69, 9.17) is 0 Å². The van der Waals surface area contributed by atoms with Crippen molar-refractivity contribution in [1.29, 1.82) is 0 Å². The van der Waals surface area contributed by atoms with Crippen LogP contribution in [0.3, 0.4) is 0 Å². The van der Waals surface area contributed by atoms with Crippen molar-refractivity contribution >= 4 is 34.4 Å². The average Bonchev–Trinajstić information content (AvgIpc) is 2.60. The van der Waals surface area contributed by atoms with E-state index in [9.17, 15) is 4.79 Å². The zero-order valence-electron chi connectivity index (χ0n) is 7.64. The Morgan fingerprint density at radius 3 is 3.00 bits per heavy atom. The maximum atomic E-state index is 11.3. The van der Waals surface area contributed by atoms with Gasteiger partial charge in [-0.25, -0.2) is 14.6 Å². The summed E-state index contributed by atoms with van der Waals surface area (Å²) in [5.74, 6) is 0. The van der Waals surface area contributed by atoms with Crippen molar-refractivity contribution in [2.75, 3.05) is 0 Å². The Bertz CT molecular complexity index is 536. The fraction of sp³-hybridized carbons (Fsp3) is 0.143. The lowest BCUT2D eigenvalue weighted by Gasteiger charge is -2.00. The predicted octanol–water partition coefficient (Wildman–Crippen LogP) is 0.654. The van der Waals surface area contributed by atoms with Crippen molar-refractivity contribution in [3.8, 4) is 0 Å². The molecule has 6 nitrogen and oxygen atoms in total. The van der Waals surface area contributed by atoms with Gasteiger partial charge in [0.15, 0.2) is 5.16 Å². The van der Waals surface area contributed by atoms with E-state index in [2.05, 4.69) is 20.1 Å². The molecule has 0 aromatic carbocycles. The molecule has 0 atom stereocenters. The second-order valence-corrected chi connectivity index (χ2v) is 4.65. The molecule has 1 N–H and O–H groups in total. The minimum absolute atomic E-state index is 0.143. The highest BCUT2D eigenvalue weighted by atomic mass is 127. The summed E-state index contributed by atoms with van der Waals surface area (Å²) >= 11 is 3.27. The van der Waals surface area contributed by atoms with Gasteiger partial charge in [-0.15, -0.1) is 0 Å². The third kappa shape index (κ3) is 2.20. The lowest BCUT2D eigenvalue weighted by Crippen LogP contribution is -2.11. The predicted molar refractivity (Wildman–Crippen MR) is 62.7 cm³/mol. The van der Waals surface area contributed by atoms with Crippen LogP contribution in [0.5, 0.6) is 0 Å². The number of nitrogens with one attached hydrogen (secondary N) is 1. The van der Waals surface area contributed by atoms with Crippen LogP contribution >= 0.6 is 34.4 Å². The highest BCUT2D eigenvalue weighted by Gasteiger charge is 2.10. The van der Waals surface area contributed by atoms with Gasteiger partial charge >= 0.3 is 0 Å². The first kappa shape index (κ1) is 10.6. The molecule has 0 aliphatic heterocycles. The molecule has 0 saturated heterocycles. The second kappa shape index (κ2) is 4.31. The molecule has 78 valence electrons. The SMILES string of the molecule is Cn1ncnc1Sc1nc[nH]c(=O)c1I. The molecule has 0 aliphatic rings. The van der Waals surface area contributed by atoms with E-state index in [0.29, 0.717) is 13.8 Å². The van der Waals surface area contributed by atoms with Crippen molar-refractivity contribution in [2.45, 2.75) is 10.2 Å². The topological polar surface area (TPSA) is 76.5 Å². The number of halogens is 1. The van der Waals surface area contributed by atoms with Gasteiger partial charge in [-0.2, -0.15) is 5.10 Å². The average molecular weight is 335 g/mol. The molecule has 0 unspecified atom stereocenters. The van der Waals surface area contributed by atoms with Crippen molar-refractivity contribution in [1.82, 2.24) is 24.7 Å². The van der Waals surface area contributed by atoms with Gasteiger partial charge in [0.2, 0.25) is 0 Å². The van der Waals surface area contributed by atoms with Crippen LogP contribution in [0.1, 0.15) is 0 Å². The molecule has 0 fully saturated rings. The number of nitrogens with zero attached hydrogens (tertiary/aromatic N) is 4. The van der Waals surface area contributed by atoms with Crippen LogP contribution in [0.4, 0.5) is 0 Å². The molecule has 0 aliphatic carbocycles. The summed E-state index contributed by atoms with van der Waals surface area (Å²) in [5, 5.41) is 5.27. The van der Waals surface area contributed by atoms with Crippen LogP contribution in [0.25, 0.3) is 0 Å². The summed E-state index contributed by atoms with van der Waals surface area (Å²) in [7, 11) is 1.79. The molecule has 2 aromatic rings. The fourth-order valence-corrected chi connectivity index (χ4v) is 2.27. The highest BCUT2D eigenvalue weighted by Crippen LogP contribution is 2.24.